The summed E-state index contributed by atoms with van der Waals surface area (Å²) in [5.74, 6) is -3.91. The number of carbonyl (C=O) groups is 1. The van der Waals surface area contributed by atoms with E-state index in [-0.39, 0.29) is 6.92 Å². The van der Waals surface area contributed by atoms with Crippen molar-refractivity contribution in [1.29, 1.82) is 0 Å². The molecule has 2 nitrogen and oxygen atoms in total. The van der Waals surface area contributed by atoms with Crippen LogP contribution in [-0.2, 0) is 4.79 Å². The zero-order valence-corrected chi connectivity index (χ0v) is 6.44. The number of rotatable bonds is 2. The minimum absolute atomic E-state index is 0.214. The summed E-state index contributed by atoms with van der Waals surface area (Å²) in [5, 5.41) is 8.14. The lowest BCUT2D eigenvalue weighted by Crippen LogP contribution is -2.46. The van der Waals surface area contributed by atoms with Crippen LogP contribution in [0.25, 0.3) is 0 Å². The number of hydrogen-bond acceptors (Lipinski definition) is 1. The van der Waals surface area contributed by atoms with Crippen molar-refractivity contribution < 1.29 is 27.5 Å². The molecule has 6 heteroatoms. The molecule has 0 heterocycles. The van der Waals surface area contributed by atoms with Crippen molar-refractivity contribution in [2.45, 2.75) is 25.7 Å². The third-order valence-electron chi connectivity index (χ3n) is 1.74. The number of alkyl halides is 4. The van der Waals surface area contributed by atoms with Gasteiger partial charge in [0.25, 0.3) is 0 Å². The Hall–Kier alpha value is -0.810. The zero-order chi connectivity index (χ0) is 10.2. The molecular formula is C6H8F4O2. The SMILES string of the molecule is CC(C(=O)O)C(C)(F)C(F)(F)F. The standard InChI is InChI=1S/C6H8F4O2/c1-3(4(11)12)5(2,7)6(8,9)10/h3H,1-2H3,(H,11,12). The average Bonchev–Trinajstić information content (AvgIpc) is 1.83. The Kier molecular flexibility index (Phi) is 2.72. The normalized spacial score (nSPS) is 19.8. The summed E-state index contributed by atoms with van der Waals surface area (Å²) in [6.45, 7) is 0.890. The van der Waals surface area contributed by atoms with E-state index in [1.807, 2.05) is 0 Å². The fraction of sp³-hybridized carbons (Fsp3) is 0.833. The second-order valence-corrected chi connectivity index (χ2v) is 2.63. The Bertz CT molecular complexity index is 184. The quantitative estimate of drug-likeness (QED) is 0.673. The Balaban J connectivity index is 4.73. The summed E-state index contributed by atoms with van der Waals surface area (Å²) in [4.78, 5) is 10.1. The second-order valence-electron chi connectivity index (χ2n) is 2.63. The Morgan fingerprint density at radius 3 is 1.75 bits per heavy atom. The molecule has 0 radical (unpaired) electrons. The van der Waals surface area contributed by atoms with Crippen molar-refractivity contribution in [3.63, 3.8) is 0 Å². The summed E-state index contributed by atoms with van der Waals surface area (Å²) in [6.07, 6.45) is -5.15. The number of halogens is 4. The first kappa shape index (κ1) is 11.2. The van der Waals surface area contributed by atoms with Crippen LogP contribution in [0.1, 0.15) is 13.8 Å². The van der Waals surface area contributed by atoms with Gasteiger partial charge < -0.3 is 5.11 Å². The molecule has 0 aromatic rings. The van der Waals surface area contributed by atoms with Gasteiger partial charge in [0.1, 0.15) is 0 Å². The van der Waals surface area contributed by atoms with Gasteiger partial charge in [-0.1, -0.05) is 0 Å². The Morgan fingerprint density at radius 2 is 1.67 bits per heavy atom. The van der Waals surface area contributed by atoms with E-state index in [0.29, 0.717) is 6.92 Å². The van der Waals surface area contributed by atoms with Crippen molar-refractivity contribution in [2.24, 2.45) is 5.92 Å². The van der Waals surface area contributed by atoms with E-state index in [2.05, 4.69) is 0 Å². The molecule has 0 aliphatic carbocycles. The van der Waals surface area contributed by atoms with Crippen molar-refractivity contribution >= 4 is 5.97 Å². The fourth-order valence-electron chi connectivity index (χ4n) is 0.477. The van der Waals surface area contributed by atoms with Crippen LogP contribution in [0.4, 0.5) is 17.6 Å². The van der Waals surface area contributed by atoms with Gasteiger partial charge >= 0.3 is 12.1 Å². The lowest BCUT2D eigenvalue weighted by molar-refractivity contribution is -0.241. The number of hydrogen-bond donors (Lipinski definition) is 1. The molecule has 2 atom stereocenters. The maximum absolute atomic E-state index is 12.7. The third-order valence-corrected chi connectivity index (χ3v) is 1.74. The van der Waals surface area contributed by atoms with Gasteiger partial charge in [-0.3, -0.25) is 4.79 Å². The number of carboxylic acid groups (broad SMARTS) is 1. The van der Waals surface area contributed by atoms with Crippen LogP contribution in [-0.4, -0.2) is 22.9 Å². The van der Waals surface area contributed by atoms with Gasteiger partial charge in [-0.25, -0.2) is 4.39 Å². The van der Waals surface area contributed by atoms with E-state index in [0.717, 1.165) is 0 Å². The van der Waals surface area contributed by atoms with Gasteiger partial charge in [-0.2, -0.15) is 13.2 Å². The molecule has 0 amide bonds. The lowest BCUT2D eigenvalue weighted by Gasteiger charge is -2.26. The first-order valence-electron chi connectivity index (χ1n) is 3.09. The zero-order valence-electron chi connectivity index (χ0n) is 6.44. The minimum atomic E-state index is -5.15. The highest BCUT2D eigenvalue weighted by atomic mass is 19.4. The van der Waals surface area contributed by atoms with Crippen LogP contribution in [0.2, 0.25) is 0 Å². The van der Waals surface area contributed by atoms with Gasteiger partial charge in [0, 0.05) is 0 Å². The minimum Gasteiger partial charge on any atom is -0.481 e. The van der Waals surface area contributed by atoms with Gasteiger partial charge in [-0.15, -0.1) is 0 Å². The summed E-state index contributed by atoms with van der Waals surface area (Å²) >= 11 is 0. The van der Waals surface area contributed by atoms with Crippen LogP contribution in [0.5, 0.6) is 0 Å². The summed E-state index contributed by atoms with van der Waals surface area (Å²) in [6, 6.07) is 0. The van der Waals surface area contributed by atoms with Crippen LogP contribution in [0.15, 0.2) is 0 Å². The van der Waals surface area contributed by atoms with E-state index in [9.17, 15) is 22.4 Å². The molecule has 2 unspecified atom stereocenters. The molecule has 0 aromatic carbocycles. The van der Waals surface area contributed by atoms with Crippen LogP contribution in [0.3, 0.4) is 0 Å². The molecule has 0 bridgehead atoms. The van der Waals surface area contributed by atoms with Crippen molar-refractivity contribution in [1.82, 2.24) is 0 Å². The van der Waals surface area contributed by atoms with E-state index >= 15 is 0 Å². The summed E-state index contributed by atoms with van der Waals surface area (Å²) in [7, 11) is 0. The van der Waals surface area contributed by atoms with Crippen molar-refractivity contribution in [3.05, 3.63) is 0 Å². The molecule has 0 rings (SSSR count). The topological polar surface area (TPSA) is 37.3 Å². The molecular weight excluding hydrogens is 180 g/mol. The van der Waals surface area contributed by atoms with E-state index < -0.39 is 23.7 Å². The highest BCUT2D eigenvalue weighted by Crippen LogP contribution is 2.39. The molecule has 72 valence electrons. The fourth-order valence-corrected chi connectivity index (χ4v) is 0.477. The largest absolute Gasteiger partial charge is 0.481 e. The predicted molar refractivity (Wildman–Crippen MR) is 32.4 cm³/mol. The van der Waals surface area contributed by atoms with Crippen molar-refractivity contribution in [3.8, 4) is 0 Å². The Morgan fingerprint density at radius 1 is 1.33 bits per heavy atom. The molecule has 0 aliphatic rings. The molecule has 0 spiro atoms. The molecule has 0 saturated heterocycles. The van der Waals surface area contributed by atoms with E-state index in [1.165, 1.54) is 0 Å². The lowest BCUT2D eigenvalue weighted by atomic mass is 9.92. The maximum atomic E-state index is 12.7. The maximum Gasteiger partial charge on any atom is 0.423 e. The third kappa shape index (κ3) is 1.86. The van der Waals surface area contributed by atoms with Crippen LogP contribution < -0.4 is 0 Å². The highest BCUT2D eigenvalue weighted by Gasteiger charge is 2.57. The molecule has 0 saturated carbocycles. The molecule has 1 N–H and O–H groups in total. The molecule has 0 aromatic heterocycles. The van der Waals surface area contributed by atoms with E-state index in [4.69, 9.17) is 5.11 Å². The van der Waals surface area contributed by atoms with Gasteiger partial charge in [-0.05, 0) is 13.8 Å². The van der Waals surface area contributed by atoms with Crippen LogP contribution in [0, 0.1) is 5.92 Å². The number of aliphatic carboxylic acids is 1. The first-order chi connectivity index (χ1) is 5.10. The monoisotopic (exact) mass is 188 g/mol. The van der Waals surface area contributed by atoms with Crippen LogP contribution >= 0.6 is 0 Å². The average molecular weight is 188 g/mol. The Labute approximate surface area is 66.2 Å². The van der Waals surface area contributed by atoms with Gasteiger partial charge in [0.05, 0.1) is 5.92 Å². The number of carboxylic acids is 1. The second kappa shape index (κ2) is 2.91. The summed E-state index contributed by atoms with van der Waals surface area (Å²) in [5.41, 5.74) is -3.68. The van der Waals surface area contributed by atoms with Gasteiger partial charge in [0.15, 0.2) is 0 Å². The first-order valence-corrected chi connectivity index (χ1v) is 3.09. The van der Waals surface area contributed by atoms with Gasteiger partial charge in [0.2, 0.25) is 5.67 Å². The molecule has 0 aliphatic heterocycles. The predicted octanol–water partition coefficient (Wildman–Crippen LogP) is 2.00. The van der Waals surface area contributed by atoms with Crippen molar-refractivity contribution in [2.75, 3.05) is 0 Å². The molecule has 0 fully saturated rings. The van der Waals surface area contributed by atoms with E-state index in [1.54, 1.807) is 0 Å². The highest BCUT2D eigenvalue weighted by molar-refractivity contribution is 5.71. The smallest absolute Gasteiger partial charge is 0.423 e. The summed E-state index contributed by atoms with van der Waals surface area (Å²) < 4.78 is 48.2. The molecule has 12 heavy (non-hydrogen) atoms.